The molecule has 2 fully saturated rings. The maximum atomic E-state index is 13.9. The van der Waals surface area contributed by atoms with Gasteiger partial charge in [0.05, 0.1) is 6.26 Å². The summed E-state index contributed by atoms with van der Waals surface area (Å²) in [4.78, 5) is 55.5. The van der Waals surface area contributed by atoms with Gasteiger partial charge in [0, 0.05) is 98.6 Å². The fourth-order valence-corrected chi connectivity index (χ4v) is 8.11. The molecule has 300 valence electrons. The molecule has 0 bridgehead atoms. The van der Waals surface area contributed by atoms with Crippen LogP contribution in [0.1, 0.15) is 45.5 Å². The Hall–Kier alpha value is -5.34. The minimum absolute atomic E-state index is 0.0717. The molecule has 15 nitrogen and oxygen atoms in total. The van der Waals surface area contributed by atoms with Crippen LogP contribution in [0.3, 0.4) is 0 Å². The topological polar surface area (TPSA) is 173 Å². The highest BCUT2D eigenvalue weighted by atomic mass is 79.9. The average molecular weight is 872 g/mol. The summed E-state index contributed by atoms with van der Waals surface area (Å²) in [6, 6.07) is 13.6. The Bertz CT molecular complexity index is 2330. The molecule has 57 heavy (non-hydrogen) atoms. The number of pyridine rings is 1. The second-order valence-corrected chi connectivity index (χ2v) is 16.7. The lowest BCUT2D eigenvalue weighted by Crippen LogP contribution is -2.52. The lowest BCUT2D eigenvalue weighted by atomic mass is 10.0. The molecule has 0 saturated carbocycles. The van der Waals surface area contributed by atoms with Crippen molar-refractivity contribution in [2.24, 2.45) is 0 Å². The van der Waals surface area contributed by atoms with Crippen LogP contribution in [0.15, 0.2) is 65.4 Å². The molecular formula is C37H38BrF3N10O5S. The van der Waals surface area contributed by atoms with Crippen molar-refractivity contribution in [3.05, 3.63) is 93.2 Å². The zero-order valence-electron chi connectivity index (χ0n) is 30.8. The number of anilines is 5. The van der Waals surface area contributed by atoms with E-state index in [-0.39, 0.29) is 43.1 Å². The standard InChI is InChI=1S/C37H38BrF3N10O5S/c1-48(57(2,55)56)33-22(4-3-13-42-33)18-43-32-28(37(39,40)41)19-44-36(47-32)45-24-6-8-25(9-7-24)50-16-14-49(15-17-50)20-23-5-10-26-27(31(23)38)21-51(35(26)54)29-11-12-30(52)46-34(29)53/h3-10,13,19,29H,11-12,14-18,20-21H2,1-2H3,(H,46,52,53)(H2,43,44,45,47). The number of carbonyl (C=O) groups excluding carboxylic acids is 3. The van der Waals surface area contributed by atoms with Gasteiger partial charge in [-0.05, 0) is 53.9 Å². The van der Waals surface area contributed by atoms with Gasteiger partial charge in [0.2, 0.25) is 27.8 Å². The van der Waals surface area contributed by atoms with Crippen LogP contribution >= 0.6 is 15.9 Å². The van der Waals surface area contributed by atoms with Crippen molar-refractivity contribution >= 4 is 72.6 Å². The van der Waals surface area contributed by atoms with E-state index in [2.05, 4.69) is 56.6 Å². The number of hydrogen-bond donors (Lipinski definition) is 3. The van der Waals surface area contributed by atoms with Crippen molar-refractivity contribution < 1.29 is 36.0 Å². The number of nitrogens with zero attached hydrogens (tertiary/aromatic N) is 7. The number of piperazine rings is 1. The number of rotatable bonds is 11. The van der Waals surface area contributed by atoms with E-state index in [1.54, 1.807) is 24.3 Å². The summed E-state index contributed by atoms with van der Waals surface area (Å²) in [5.74, 6) is -1.48. The zero-order valence-corrected chi connectivity index (χ0v) is 33.2. The van der Waals surface area contributed by atoms with Crippen molar-refractivity contribution in [3.63, 3.8) is 0 Å². The third-order valence-electron chi connectivity index (χ3n) is 10.2. The van der Waals surface area contributed by atoms with Crippen LogP contribution in [0, 0.1) is 0 Å². The fourth-order valence-electron chi connectivity index (χ4n) is 7.04. The molecule has 1 atom stereocenters. The van der Waals surface area contributed by atoms with Crippen LogP contribution in [0.25, 0.3) is 0 Å². The predicted molar refractivity (Wildman–Crippen MR) is 209 cm³/mol. The summed E-state index contributed by atoms with van der Waals surface area (Å²) < 4.78 is 67.8. The molecule has 2 aromatic heterocycles. The number of nitrogens with one attached hydrogen (secondary N) is 3. The lowest BCUT2D eigenvalue weighted by Gasteiger charge is -2.36. The van der Waals surface area contributed by atoms with E-state index in [4.69, 9.17) is 0 Å². The average Bonchev–Trinajstić information content (AvgIpc) is 3.51. The van der Waals surface area contributed by atoms with Gasteiger partial charge in [0.25, 0.3) is 5.91 Å². The third-order valence-corrected chi connectivity index (χ3v) is 12.3. The van der Waals surface area contributed by atoms with Crippen molar-refractivity contribution in [2.45, 2.75) is 44.7 Å². The number of fused-ring (bicyclic) bond motifs is 1. The number of halogens is 4. The van der Waals surface area contributed by atoms with Gasteiger partial charge in [0.15, 0.2) is 0 Å². The Morgan fingerprint density at radius 2 is 1.74 bits per heavy atom. The highest BCUT2D eigenvalue weighted by Gasteiger charge is 2.40. The highest BCUT2D eigenvalue weighted by molar-refractivity contribution is 9.10. The van der Waals surface area contributed by atoms with Gasteiger partial charge in [0.1, 0.15) is 23.2 Å². The minimum atomic E-state index is -4.76. The van der Waals surface area contributed by atoms with Gasteiger partial charge in [-0.1, -0.05) is 28.1 Å². The van der Waals surface area contributed by atoms with E-state index in [0.717, 1.165) is 58.0 Å². The number of imide groups is 1. The van der Waals surface area contributed by atoms with Crippen molar-refractivity contribution in [1.29, 1.82) is 0 Å². The van der Waals surface area contributed by atoms with Gasteiger partial charge in [-0.2, -0.15) is 18.2 Å². The molecule has 3 aliphatic heterocycles. The summed E-state index contributed by atoms with van der Waals surface area (Å²) in [6.07, 6.45) is -1.18. The third kappa shape index (κ3) is 8.66. The van der Waals surface area contributed by atoms with Crippen LogP contribution in [0.4, 0.5) is 42.1 Å². The molecule has 2 saturated heterocycles. The Morgan fingerprint density at radius 1 is 1.00 bits per heavy atom. The van der Waals surface area contributed by atoms with E-state index in [1.807, 2.05) is 24.3 Å². The van der Waals surface area contributed by atoms with Crippen LogP contribution in [0.2, 0.25) is 0 Å². The summed E-state index contributed by atoms with van der Waals surface area (Å²) in [6.45, 7) is 3.77. The summed E-state index contributed by atoms with van der Waals surface area (Å²) in [5, 5.41) is 7.99. The van der Waals surface area contributed by atoms with Crippen LogP contribution in [-0.4, -0.2) is 96.4 Å². The van der Waals surface area contributed by atoms with E-state index >= 15 is 0 Å². The first kappa shape index (κ1) is 39.9. The van der Waals surface area contributed by atoms with Gasteiger partial charge < -0.3 is 20.4 Å². The molecule has 3 aliphatic rings. The first-order valence-corrected chi connectivity index (χ1v) is 20.6. The highest BCUT2D eigenvalue weighted by Crippen LogP contribution is 2.37. The molecule has 5 heterocycles. The van der Waals surface area contributed by atoms with Gasteiger partial charge in [-0.25, -0.2) is 18.4 Å². The van der Waals surface area contributed by atoms with E-state index in [9.17, 15) is 36.0 Å². The molecule has 0 spiro atoms. The van der Waals surface area contributed by atoms with E-state index in [0.29, 0.717) is 36.0 Å². The van der Waals surface area contributed by atoms with E-state index in [1.165, 1.54) is 18.1 Å². The fraction of sp³-hybridized carbons (Fsp3) is 0.351. The Balaban J connectivity index is 0.960. The maximum absolute atomic E-state index is 13.9. The molecule has 7 rings (SSSR count). The van der Waals surface area contributed by atoms with Gasteiger partial charge >= 0.3 is 6.18 Å². The molecule has 3 N–H and O–H groups in total. The molecule has 20 heteroatoms. The SMILES string of the molecule is CN(c1ncccc1CNc1nc(Nc2ccc(N3CCN(Cc4ccc5c(c4Br)CN(C4CCC(=O)NC4=O)C5=O)CC3)cc2)ncc1C(F)(F)F)S(C)(=O)=O. The maximum Gasteiger partial charge on any atom is 0.421 e. The van der Waals surface area contributed by atoms with Crippen LogP contribution in [0.5, 0.6) is 0 Å². The monoisotopic (exact) mass is 870 g/mol. The number of hydrogen-bond acceptors (Lipinski definition) is 12. The van der Waals surface area contributed by atoms with Crippen molar-refractivity contribution in [2.75, 3.05) is 59.3 Å². The Morgan fingerprint density at radius 3 is 2.42 bits per heavy atom. The first-order valence-electron chi connectivity index (χ1n) is 17.9. The quantitative estimate of drug-likeness (QED) is 0.181. The number of aromatic nitrogens is 3. The van der Waals surface area contributed by atoms with Gasteiger partial charge in [-0.15, -0.1) is 0 Å². The summed E-state index contributed by atoms with van der Waals surface area (Å²) in [5.41, 5.74) is 3.20. The largest absolute Gasteiger partial charge is 0.421 e. The number of benzene rings is 2. The number of amides is 3. The second kappa shape index (κ2) is 15.9. The van der Waals surface area contributed by atoms with Crippen LogP contribution in [-0.2, 0) is 45.4 Å². The molecule has 0 aliphatic carbocycles. The molecule has 1 unspecified atom stereocenters. The van der Waals surface area contributed by atoms with Crippen molar-refractivity contribution in [3.8, 4) is 0 Å². The number of piperidine rings is 1. The summed E-state index contributed by atoms with van der Waals surface area (Å²) in [7, 11) is -2.36. The molecule has 2 aromatic carbocycles. The molecule has 0 radical (unpaired) electrons. The Kier molecular flexibility index (Phi) is 11.1. The van der Waals surface area contributed by atoms with Crippen molar-refractivity contribution in [1.82, 2.24) is 30.1 Å². The number of sulfonamides is 1. The second-order valence-electron chi connectivity index (χ2n) is 13.9. The smallest absolute Gasteiger partial charge is 0.369 e. The van der Waals surface area contributed by atoms with Gasteiger partial charge in [-0.3, -0.25) is 28.9 Å². The Labute approximate surface area is 334 Å². The normalized spacial score (nSPS) is 17.7. The van der Waals surface area contributed by atoms with Crippen LogP contribution < -0.4 is 25.2 Å². The molecule has 4 aromatic rings. The number of carbonyl (C=O) groups is 3. The minimum Gasteiger partial charge on any atom is -0.369 e. The lowest BCUT2D eigenvalue weighted by molar-refractivity contribution is -0.138. The first-order chi connectivity index (χ1) is 27.1. The molecular weight excluding hydrogens is 833 g/mol. The predicted octanol–water partition coefficient (Wildman–Crippen LogP) is 4.49. The number of alkyl halides is 3. The summed E-state index contributed by atoms with van der Waals surface area (Å²) >= 11 is 3.73. The molecule has 3 amide bonds. The van der Waals surface area contributed by atoms with E-state index < -0.39 is 39.5 Å². The zero-order chi connectivity index (χ0) is 40.6.